The normalized spacial score (nSPS) is 18.6. The predicted octanol–water partition coefficient (Wildman–Crippen LogP) is 2.31. The van der Waals surface area contributed by atoms with Crippen LogP contribution in [0.25, 0.3) is 0 Å². The molecular formula is C20H22N2O4. The lowest BCUT2D eigenvalue weighted by Gasteiger charge is -2.21. The number of fused-ring (bicyclic) bond motifs is 2. The summed E-state index contributed by atoms with van der Waals surface area (Å²) in [6, 6.07) is 13.7. The van der Waals surface area contributed by atoms with E-state index >= 15 is 0 Å². The Bertz CT molecular complexity index is 808. The SMILES string of the molecule is CC1CN(CC(=O)NCc2ccc3c(c2)OCO3)Cc2ccccc2O1. The monoisotopic (exact) mass is 354 g/mol. The minimum Gasteiger partial charge on any atom is -0.489 e. The zero-order valence-electron chi connectivity index (χ0n) is 14.7. The molecule has 0 spiro atoms. The molecule has 1 amide bonds. The number of carbonyl (C=O) groups is 1. The highest BCUT2D eigenvalue weighted by atomic mass is 16.7. The molecule has 0 saturated carbocycles. The van der Waals surface area contributed by atoms with Crippen LogP contribution in [0.4, 0.5) is 0 Å². The summed E-state index contributed by atoms with van der Waals surface area (Å²) < 4.78 is 16.6. The molecule has 0 radical (unpaired) electrons. The first kappa shape index (κ1) is 16.7. The largest absolute Gasteiger partial charge is 0.489 e. The number of nitrogens with zero attached hydrogens (tertiary/aromatic N) is 1. The predicted molar refractivity (Wildman–Crippen MR) is 96.2 cm³/mol. The molecule has 0 fully saturated rings. The Morgan fingerprint density at radius 3 is 2.92 bits per heavy atom. The van der Waals surface area contributed by atoms with Crippen LogP contribution in [0, 0.1) is 0 Å². The summed E-state index contributed by atoms with van der Waals surface area (Å²) in [6.07, 6.45) is 0.0420. The van der Waals surface area contributed by atoms with Crippen LogP contribution in [-0.4, -0.2) is 36.8 Å². The van der Waals surface area contributed by atoms with Gasteiger partial charge >= 0.3 is 0 Å². The van der Waals surface area contributed by atoms with E-state index in [1.807, 2.05) is 49.4 Å². The minimum atomic E-state index is -0.00533. The van der Waals surface area contributed by atoms with Crippen molar-refractivity contribution in [3.05, 3.63) is 53.6 Å². The molecule has 26 heavy (non-hydrogen) atoms. The van der Waals surface area contributed by atoms with Gasteiger partial charge in [0, 0.05) is 25.2 Å². The quantitative estimate of drug-likeness (QED) is 0.913. The van der Waals surface area contributed by atoms with Crippen molar-refractivity contribution in [2.24, 2.45) is 0 Å². The number of para-hydroxylation sites is 1. The smallest absolute Gasteiger partial charge is 0.234 e. The highest BCUT2D eigenvalue weighted by molar-refractivity contribution is 5.78. The van der Waals surface area contributed by atoms with E-state index in [1.54, 1.807) is 0 Å². The molecule has 2 heterocycles. The van der Waals surface area contributed by atoms with Gasteiger partial charge < -0.3 is 19.5 Å². The molecule has 2 aromatic rings. The van der Waals surface area contributed by atoms with Gasteiger partial charge in [0.2, 0.25) is 12.7 Å². The number of ether oxygens (including phenoxy) is 3. The van der Waals surface area contributed by atoms with Crippen LogP contribution in [0.2, 0.25) is 0 Å². The van der Waals surface area contributed by atoms with Gasteiger partial charge in [-0.3, -0.25) is 9.69 Å². The van der Waals surface area contributed by atoms with Crippen molar-refractivity contribution in [3.8, 4) is 17.2 Å². The van der Waals surface area contributed by atoms with E-state index in [0.29, 0.717) is 26.2 Å². The fourth-order valence-electron chi connectivity index (χ4n) is 3.30. The van der Waals surface area contributed by atoms with Crippen molar-refractivity contribution in [2.45, 2.75) is 26.1 Å². The van der Waals surface area contributed by atoms with Gasteiger partial charge in [-0.15, -0.1) is 0 Å². The maximum absolute atomic E-state index is 12.4. The molecule has 0 aromatic heterocycles. The van der Waals surface area contributed by atoms with Gasteiger partial charge in [-0.1, -0.05) is 24.3 Å². The van der Waals surface area contributed by atoms with Gasteiger partial charge in [-0.25, -0.2) is 0 Å². The summed E-state index contributed by atoms with van der Waals surface area (Å²) in [4.78, 5) is 14.5. The number of rotatable bonds is 4. The van der Waals surface area contributed by atoms with Gasteiger partial charge in [0.05, 0.1) is 6.54 Å². The first-order chi connectivity index (χ1) is 12.7. The average Bonchev–Trinajstić information content (AvgIpc) is 3.02. The Balaban J connectivity index is 1.34. The van der Waals surface area contributed by atoms with Gasteiger partial charge in [-0.05, 0) is 30.7 Å². The standard InChI is InChI=1S/C20H22N2O4/c1-14-10-22(11-16-4-2-3-5-17(16)26-14)12-20(23)21-9-15-6-7-18-19(8-15)25-13-24-18/h2-8,14H,9-13H2,1H3,(H,21,23). The first-order valence-electron chi connectivity index (χ1n) is 8.79. The fraction of sp³-hybridized carbons (Fsp3) is 0.350. The number of hydrogen-bond donors (Lipinski definition) is 1. The van der Waals surface area contributed by atoms with Crippen molar-refractivity contribution >= 4 is 5.91 Å². The van der Waals surface area contributed by atoms with E-state index < -0.39 is 0 Å². The summed E-state index contributed by atoms with van der Waals surface area (Å²) in [5.41, 5.74) is 2.10. The number of carbonyl (C=O) groups excluding carboxylic acids is 1. The second-order valence-corrected chi connectivity index (χ2v) is 6.67. The molecule has 136 valence electrons. The molecule has 0 aliphatic carbocycles. The Morgan fingerprint density at radius 2 is 2.00 bits per heavy atom. The third-order valence-corrected chi connectivity index (χ3v) is 4.50. The molecule has 6 heteroatoms. The van der Waals surface area contributed by atoms with Crippen LogP contribution in [0.1, 0.15) is 18.1 Å². The molecular weight excluding hydrogens is 332 g/mol. The van der Waals surface area contributed by atoms with Crippen LogP contribution in [-0.2, 0) is 17.9 Å². The summed E-state index contributed by atoms with van der Waals surface area (Å²) in [7, 11) is 0. The number of nitrogens with one attached hydrogen (secondary N) is 1. The summed E-state index contributed by atoms with van der Waals surface area (Å²) in [5, 5.41) is 2.98. The maximum atomic E-state index is 12.4. The lowest BCUT2D eigenvalue weighted by atomic mass is 10.2. The second-order valence-electron chi connectivity index (χ2n) is 6.67. The average molecular weight is 354 g/mol. The molecule has 1 unspecified atom stereocenters. The zero-order valence-corrected chi connectivity index (χ0v) is 14.7. The van der Waals surface area contributed by atoms with E-state index in [4.69, 9.17) is 14.2 Å². The van der Waals surface area contributed by atoms with Crippen LogP contribution in [0.5, 0.6) is 17.2 Å². The molecule has 0 saturated heterocycles. The molecule has 2 aliphatic rings. The molecule has 2 aliphatic heterocycles. The summed E-state index contributed by atoms with van der Waals surface area (Å²) in [6.45, 7) is 4.50. The topological polar surface area (TPSA) is 60.0 Å². The summed E-state index contributed by atoms with van der Waals surface area (Å²) >= 11 is 0. The number of amides is 1. The van der Waals surface area contributed by atoms with Crippen LogP contribution >= 0.6 is 0 Å². The van der Waals surface area contributed by atoms with Crippen LogP contribution < -0.4 is 19.5 Å². The van der Waals surface area contributed by atoms with E-state index in [2.05, 4.69) is 10.2 Å². The van der Waals surface area contributed by atoms with Crippen molar-refractivity contribution < 1.29 is 19.0 Å². The highest BCUT2D eigenvalue weighted by Gasteiger charge is 2.21. The zero-order chi connectivity index (χ0) is 17.9. The molecule has 2 aromatic carbocycles. The number of hydrogen-bond acceptors (Lipinski definition) is 5. The third-order valence-electron chi connectivity index (χ3n) is 4.50. The Labute approximate surface area is 152 Å². The van der Waals surface area contributed by atoms with Crippen LogP contribution in [0.15, 0.2) is 42.5 Å². The second kappa shape index (κ2) is 7.25. The Morgan fingerprint density at radius 1 is 1.15 bits per heavy atom. The van der Waals surface area contributed by atoms with Crippen molar-refractivity contribution in [1.82, 2.24) is 10.2 Å². The van der Waals surface area contributed by atoms with Gasteiger partial charge in [0.25, 0.3) is 0 Å². The third kappa shape index (κ3) is 3.75. The lowest BCUT2D eigenvalue weighted by molar-refractivity contribution is -0.122. The first-order valence-corrected chi connectivity index (χ1v) is 8.79. The highest BCUT2D eigenvalue weighted by Crippen LogP contribution is 2.32. The molecule has 6 nitrogen and oxygen atoms in total. The van der Waals surface area contributed by atoms with Gasteiger partial charge in [0.1, 0.15) is 11.9 Å². The fourth-order valence-corrected chi connectivity index (χ4v) is 3.30. The van der Waals surface area contributed by atoms with Gasteiger partial charge in [0.15, 0.2) is 11.5 Å². The lowest BCUT2D eigenvalue weighted by Crippen LogP contribution is -2.39. The summed E-state index contributed by atoms with van der Waals surface area (Å²) in [5.74, 6) is 2.38. The Hall–Kier alpha value is -2.73. The maximum Gasteiger partial charge on any atom is 0.234 e. The van der Waals surface area contributed by atoms with Crippen molar-refractivity contribution in [3.63, 3.8) is 0 Å². The van der Waals surface area contributed by atoms with Crippen molar-refractivity contribution in [1.29, 1.82) is 0 Å². The molecule has 4 rings (SSSR count). The Kier molecular flexibility index (Phi) is 4.67. The number of benzene rings is 2. The van der Waals surface area contributed by atoms with E-state index in [0.717, 1.165) is 28.4 Å². The van der Waals surface area contributed by atoms with Crippen LogP contribution in [0.3, 0.4) is 0 Å². The molecule has 1 atom stereocenters. The minimum absolute atomic E-state index is 0.00533. The molecule has 0 bridgehead atoms. The molecule has 1 N–H and O–H groups in total. The van der Waals surface area contributed by atoms with Crippen molar-refractivity contribution in [2.75, 3.05) is 19.9 Å². The van der Waals surface area contributed by atoms with E-state index in [1.165, 1.54) is 0 Å². The van der Waals surface area contributed by atoms with E-state index in [-0.39, 0.29) is 18.8 Å². The van der Waals surface area contributed by atoms with Gasteiger partial charge in [-0.2, -0.15) is 0 Å². The van der Waals surface area contributed by atoms with E-state index in [9.17, 15) is 4.79 Å².